The first-order valence-electron chi connectivity index (χ1n) is 10.2. The molecule has 0 spiro atoms. The second-order valence-electron chi connectivity index (χ2n) is 7.62. The Hall–Kier alpha value is -1.60. The fourth-order valence-electron chi connectivity index (χ4n) is 3.34. The molecule has 2 rings (SSSR count). The molecule has 2 heterocycles. The third-order valence-electron chi connectivity index (χ3n) is 5.09. The van der Waals surface area contributed by atoms with Gasteiger partial charge < -0.3 is 24.8 Å². The fraction of sp³-hybridized carbons (Fsp3) is 0.800. The number of allylic oxidation sites excluding steroid dienone is 1. The summed E-state index contributed by atoms with van der Waals surface area (Å²) in [4.78, 5) is 25.9. The van der Waals surface area contributed by atoms with Crippen LogP contribution in [0.2, 0.25) is 0 Å². The lowest BCUT2D eigenvalue weighted by Gasteiger charge is -2.31. The standard InChI is InChI=1S/C20H34N2O5/c1-15(2)16-13-17(27-19(14-16)26-12-4-3-11-23)20(25)21-8-6-10-22-9-5-7-18(22)24/h13,15-16,19,23H,3-12,14H2,1-2H3,(H,21,25). The summed E-state index contributed by atoms with van der Waals surface area (Å²) >= 11 is 0. The number of nitrogens with zero attached hydrogens (tertiary/aromatic N) is 1. The van der Waals surface area contributed by atoms with Crippen molar-refractivity contribution >= 4 is 11.8 Å². The van der Waals surface area contributed by atoms with Crippen LogP contribution in [0.1, 0.15) is 52.4 Å². The maximum atomic E-state index is 12.5. The average Bonchev–Trinajstić information content (AvgIpc) is 3.06. The van der Waals surface area contributed by atoms with E-state index < -0.39 is 6.29 Å². The molecule has 0 aromatic carbocycles. The smallest absolute Gasteiger partial charge is 0.286 e. The van der Waals surface area contributed by atoms with Gasteiger partial charge in [-0.2, -0.15) is 0 Å². The normalized spacial score (nSPS) is 22.7. The summed E-state index contributed by atoms with van der Waals surface area (Å²) in [7, 11) is 0. The summed E-state index contributed by atoms with van der Waals surface area (Å²) in [6, 6.07) is 0. The number of carbonyl (C=O) groups excluding carboxylic acids is 2. The quantitative estimate of drug-likeness (QED) is 0.532. The van der Waals surface area contributed by atoms with Crippen LogP contribution in [0.3, 0.4) is 0 Å². The van der Waals surface area contributed by atoms with Gasteiger partial charge in [-0.25, -0.2) is 0 Å². The molecular formula is C20H34N2O5. The van der Waals surface area contributed by atoms with Crippen molar-refractivity contribution in [2.45, 2.75) is 58.7 Å². The topological polar surface area (TPSA) is 88.1 Å². The van der Waals surface area contributed by atoms with Crippen molar-refractivity contribution in [2.75, 3.05) is 32.8 Å². The minimum Gasteiger partial charge on any atom is -0.459 e. The summed E-state index contributed by atoms with van der Waals surface area (Å²) in [6.07, 6.45) is 5.98. The van der Waals surface area contributed by atoms with Gasteiger partial charge in [0.05, 0.1) is 6.61 Å². The molecule has 0 bridgehead atoms. The molecule has 7 nitrogen and oxygen atoms in total. The Labute approximate surface area is 162 Å². The second kappa shape index (κ2) is 11.3. The second-order valence-corrected chi connectivity index (χ2v) is 7.62. The Morgan fingerprint density at radius 3 is 2.89 bits per heavy atom. The van der Waals surface area contributed by atoms with Gasteiger partial charge in [0, 0.05) is 39.1 Å². The van der Waals surface area contributed by atoms with Gasteiger partial charge in [0.25, 0.3) is 5.91 Å². The van der Waals surface area contributed by atoms with Crippen LogP contribution in [-0.2, 0) is 19.1 Å². The minimum absolute atomic E-state index is 0.153. The Bertz CT molecular complexity index is 521. The maximum Gasteiger partial charge on any atom is 0.286 e. The molecule has 2 atom stereocenters. The van der Waals surface area contributed by atoms with E-state index in [9.17, 15) is 9.59 Å². The van der Waals surface area contributed by atoms with Crippen molar-refractivity contribution in [1.82, 2.24) is 10.2 Å². The predicted molar refractivity (Wildman–Crippen MR) is 102 cm³/mol. The minimum atomic E-state index is -0.427. The summed E-state index contributed by atoms with van der Waals surface area (Å²) in [6.45, 7) is 6.93. The SMILES string of the molecule is CC(C)C1C=C(C(=O)NCCCN2CCCC2=O)OC(OCCCCO)C1. The Kier molecular flexibility index (Phi) is 9.07. The first-order chi connectivity index (χ1) is 13.0. The number of aliphatic hydroxyl groups is 1. The zero-order valence-electron chi connectivity index (χ0n) is 16.6. The van der Waals surface area contributed by atoms with Crippen molar-refractivity contribution in [2.24, 2.45) is 11.8 Å². The van der Waals surface area contributed by atoms with Crippen molar-refractivity contribution in [3.05, 3.63) is 11.8 Å². The summed E-state index contributed by atoms with van der Waals surface area (Å²) < 4.78 is 11.5. The predicted octanol–water partition coefficient (Wildman–Crippen LogP) is 1.81. The van der Waals surface area contributed by atoms with Gasteiger partial charge in [-0.1, -0.05) is 13.8 Å². The molecule has 0 radical (unpaired) electrons. The van der Waals surface area contributed by atoms with E-state index in [2.05, 4.69) is 19.2 Å². The molecule has 0 aromatic heterocycles. The van der Waals surface area contributed by atoms with Gasteiger partial charge in [0.1, 0.15) is 0 Å². The first-order valence-corrected chi connectivity index (χ1v) is 10.2. The van der Waals surface area contributed by atoms with Crippen molar-refractivity contribution < 1.29 is 24.2 Å². The van der Waals surface area contributed by atoms with Crippen LogP contribution in [0, 0.1) is 11.8 Å². The first kappa shape index (κ1) is 21.7. The lowest BCUT2D eigenvalue weighted by molar-refractivity contribution is -0.150. The zero-order chi connectivity index (χ0) is 19.6. The molecule has 2 aliphatic rings. The molecule has 1 saturated heterocycles. The largest absolute Gasteiger partial charge is 0.459 e. The number of nitrogens with one attached hydrogen (secondary N) is 1. The zero-order valence-corrected chi connectivity index (χ0v) is 16.6. The Morgan fingerprint density at radius 1 is 1.41 bits per heavy atom. The molecule has 27 heavy (non-hydrogen) atoms. The van der Waals surface area contributed by atoms with Gasteiger partial charge in [0.2, 0.25) is 12.2 Å². The van der Waals surface area contributed by atoms with Crippen molar-refractivity contribution in [1.29, 1.82) is 0 Å². The third-order valence-corrected chi connectivity index (χ3v) is 5.09. The molecule has 0 aromatic rings. The highest BCUT2D eigenvalue weighted by Crippen LogP contribution is 2.28. The van der Waals surface area contributed by atoms with E-state index in [0.717, 1.165) is 32.2 Å². The summed E-state index contributed by atoms with van der Waals surface area (Å²) in [5.74, 6) is 0.924. The molecule has 7 heteroatoms. The van der Waals surface area contributed by atoms with E-state index >= 15 is 0 Å². The molecule has 0 saturated carbocycles. The van der Waals surface area contributed by atoms with Crippen LogP contribution in [0.4, 0.5) is 0 Å². The van der Waals surface area contributed by atoms with Crippen LogP contribution < -0.4 is 5.32 Å². The Morgan fingerprint density at radius 2 is 2.22 bits per heavy atom. The lowest BCUT2D eigenvalue weighted by Crippen LogP contribution is -2.36. The number of likely N-dealkylation sites (tertiary alicyclic amines) is 1. The number of carbonyl (C=O) groups is 2. The van der Waals surface area contributed by atoms with E-state index in [4.69, 9.17) is 14.6 Å². The number of ether oxygens (including phenoxy) is 2. The number of rotatable bonds is 11. The number of hydrogen-bond donors (Lipinski definition) is 2. The molecule has 1 fully saturated rings. The molecule has 2 N–H and O–H groups in total. The molecule has 2 unspecified atom stereocenters. The van der Waals surface area contributed by atoms with Gasteiger partial charge in [-0.15, -0.1) is 0 Å². The van der Waals surface area contributed by atoms with Gasteiger partial charge >= 0.3 is 0 Å². The van der Waals surface area contributed by atoms with Crippen LogP contribution in [-0.4, -0.2) is 61.0 Å². The molecule has 154 valence electrons. The van der Waals surface area contributed by atoms with Crippen LogP contribution in [0.5, 0.6) is 0 Å². The van der Waals surface area contributed by atoms with E-state index in [1.54, 1.807) is 0 Å². The van der Waals surface area contributed by atoms with Crippen LogP contribution in [0.25, 0.3) is 0 Å². The number of unbranched alkanes of at least 4 members (excludes halogenated alkanes) is 1. The van der Waals surface area contributed by atoms with E-state index in [1.165, 1.54) is 0 Å². The molecule has 2 aliphatic heterocycles. The lowest BCUT2D eigenvalue weighted by atomic mass is 9.90. The van der Waals surface area contributed by atoms with Crippen LogP contribution in [0.15, 0.2) is 11.8 Å². The highest BCUT2D eigenvalue weighted by atomic mass is 16.7. The van der Waals surface area contributed by atoms with E-state index in [0.29, 0.717) is 44.2 Å². The maximum absolute atomic E-state index is 12.5. The summed E-state index contributed by atoms with van der Waals surface area (Å²) in [5.41, 5.74) is 0. The highest BCUT2D eigenvalue weighted by molar-refractivity contribution is 5.91. The Balaban J connectivity index is 1.78. The highest BCUT2D eigenvalue weighted by Gasteiger charge is 2.29. The van der Waals surface area contributed by atoms with Crippen molar-refractivity contribution in [3.8, 4) is 0 Å². The molecule has 2 amide bonds. The van der Waals surface area contributed by atoms with E-state index in [1.807, 2.05) is 11.0 Å². The van der Waals surface area contributed by atoms with Gasteiger partial charge in [0.15, 0.2) is 5.76 Å². The number of amides is 2. The summed E-state index contributed by atoms with van der Waals surface area (Å²) in [5, 5.41) is 11.7. The monoisotopic (exact) mass is 382 g/mol. The molecular weight excluding hydrogens is 348 g/mol. The van der Waals surface area contributed by atoms with Gasteiger partial charge in [-0.05, 0) is 43.6 Å². The fourth-order valence-corrected chi connectivity index (χ4v) is 3.34. The average molecular weight is 383 g/mol. The number of aliphatic hydroxyl groups excluding tert-OH is 1. The van der Waals surface area contributed by atoms with Crippen molar-refractivity contribution in [3.63, 3.8) is 0 Å². The third kappa shape index (κ3) is 7.14. The molecule has 0 aliphatic carbocycles. The number of hydrogen-bond acceptors (Lipinski definition) is 5. The van der Waals surface area contributed by atoms with Crippen LogP contribution >= 0.6 is 0 Å². The van der Waals surface area contributed by atoms with E-state index in [-0.39, 0.29) is 24.3 Å². The van der Waals surface area contributed by atoms with Gasteiger partial charge in [-0.3, -0.25) is 9.59 Å².